The number of hydrogen-bond acceptors (Lipinski definition) is 4. The van der Waals surface area contributed by atoms with E-state index in [4.69, 9.17) is 32.7 Å². The lowest BCUT2D eigenvalue weighted by atomic mass is 10.0. The molecule has 0 radical (unpaired) electrons. The molecular weight excluding hydrogens is 523 g/mol. The lowest BCUT2D eigenvalue weighted by Crippen LogP contribution is -2.50. The Kier molecular flexibility index (Phi) is 11.8. The van der Waals surface area contributed by atoms with Crippen molar-refractivity contribution in [3.8, 4) is 11.5 Å². The number of nitrogens with one attached hydrogen (secondary N) is 1. The molecule has 38 heavy (non-hydrogen) atoms. The van der Waals surface area contributed by atoms with Gasteiger partial charge in [0.2, 0.25) is 11.8 Å². The molecule has 8 heteroatoms. The minimum Gasteiger partial charge on any atom is -0.497 e. The third-order valence-corrected chi connectivity index (χ3v) is 6.78. The minimum absolute atomic E-state index is 0.119. The maximum absolute atomic E-state index is 13.7. The van der Waals surface area contributed by atoms with Gasteiger partial charge in [-0.15, -0.1) is 0 Å². The highest BCUT2D eigenvalue weighted by Crippen LogP contribution is 2.27. The molecule has 1 unspecified atom stereocenters. The Morgan fingerprint density at radius 2 is 1.58 bits per heavy atom. The lowest BCUT2D eigenvalue weighted by molar-refractivity contribution is -0.141. The second-order valence-electron chi connectivity index (χ2n) is 8.85. The smallest absolute Gasteiger partial charge is 0.243 e. The SMILES string of the molecule is CCCNC(=O)C(Cc1ccccc1)N(Cc1c(Cl)cccc1Cl)C(=O)CCCOc1ccc(OC)cc1. The van der Waals surface area contributed by atoms with Gasteiger partial charge in [-0.25, -0.2) is 0 Å². The number of carbonyl (C=O) groups is 2. The predicted molar refractivity (Wildman–Crippen MR) is 152 cm³/mol. The molecule has 0 aliphatic carbocycles. The fourth-order valence-corrected chi connectivity index (χ4v) is 4.52. The molecule has 0 fully saturated rings. The number of benzene rings is 3. The molecule has 0 aliphatic heterocycles. The molecule has 6 nitrogen and oxygen atoms in total. The van der Waals surface area contributed by atoms with Crippen LogP contribution in [0.5, 0.6) is 11.5 Å². The van der Waals surface area contributed by atoms with Crippen LogP contribution in [0, 0.1) is 0 Å². The molecule has 0 aromatic heterocycles. The first-order valence-corrected chi connectivity index (χ1v) is 13.5. The molecule has 3 rings (SSSR count). The minimum atomic E-state index is -0.730. The van der Waals surface area contributed by atoms with E-state index >= 15 is 0 Å². The first-order chi connectivity index (χ1) is 18.4. The van der Waals surface area contributed by atoms with Crippen LogP contribution in [0.25, 0.3) is 0 Å². The van der Waals surface area contributed by atoms with Crippen LogP contribution in [-0.2, 0) is 22.6 Å². The molecule has 3 aromatic carbocycles. The van der Waals surface area contributed by atoms with E-state index in [1.807, 2.05) is 61.5 Å². The van der Waals surface area contributed by atoms with Gasteiger partial charge in [-0.2, -0.15) is 0 Å². The van der Waals surface area contributed by atoms with Crippen molar-refractivity contribution in [3.63, 3.8) is 0 Å². The van der Waals surface area contributed by atoms with Crippen molar-refractivity contribution in [1.82, 2.24) is 10.2 Å². The van der Waals surface area contributed by atoms with E-state index in [0.29, 0.717) is 47.4 Å². The third-order valence-electron chi connectivity index (χ3n) is 6.07. The molecule has 3 aromatic rings. The Hall–Kier alpha value is -3.22. The van der Waals surface area contributed by atoms with E-state index in [-0.39, 0.29) is 24.8 Å². The van der Waals surface area contributed by atoms with Crippen LogP contribution in [0.4, 0.5) is 0 Å². The number of nitrogens with zero attached hydrogens (tertiary/aromatic N) is 1. The molecule has 1 N–H and O–H groups in total. The van der Waals surface area contributed by atoms with Gasteiger partial charge in [0.15, 0.2) is 0 Å². The molecule has 0 spiro atoms. The first kappa shape index (κ1) is 29.3. The summed E-state index contributed by atoms with van der Waals surface area (Å²) in [6, 6.07) is 21.4. The summed E-state index contributed by atoms with van der Waals surface area (Å²) < 4.78 is 11.0. The number of methoxy groups -OCH3 is 1. The molecule has 2 amide bonds. The Bertz CT molecular complexity index is 1150. The quantitative estimate of drug-likeness (QED) is 0.236. The van der Waals surface area contributed by atoms with Crippen LogP contribution in [0.3, 0.4) is 0 Å². The molecule has 0 bridgehead atoms. The summed E-state index contributed by atoms with van der Waals surface area (Å²) in [5.74, 6) is 1.06. The van der Waals surface area contributed by atoms with Crippen LogP contribution < -0.4 is 14.8 Å². The Morgan fingerprint density at radius 1 is 0.921 bits per heavy atom. The largest absolute Gasteiger partial charge is 0.497 e. The maximum Gasteiger partial charge on any atom is 0.243 e. The van der Waals surface area contributed by atoms with E-state index < -0.39 is 6.04 Å². The van der Waals surface area contributed by atoms with Gasteiger partial charge in [0, 0.05) is 41.5 Å². The van der Waals surface area contributed by atoms with Crippen LogP contribution in [0.1, 0.15) is 37.3 Å². The van der Waals surface area contributed by atoms with Gasteiger partial charge in [0.05, 0.1) is 13.7 Å². The van der Waals surface area contributed by atoms with Crippen LogP contribution in [-0.4, -0.2) is 43.0 Å². The van der Waals surface area contributed by atoms with E-state index in [9.17, 15) is 9.59 Å². The van der Waals surface area contributed by atoms with Crippen molar-refractivity contribution in [2.75, 3.05) is 20.3 Å². The second kappa shape index (κ2) is 15.3. The summed E-state index contributed by atoms with van der Waals surface area (Å²) in [4.78, 5) is 28.6. The predicted octanol–water partition coefficient (Wildman–Crippen LogP) is 6.33. The zero-order valence-electron chi connectivity index (χ0n) is 21.8. The summed E-state index contributed by atoms with van der Waals surface area (Å²) >= 11 is 12.9. The number of halogens is 2. The highest BCUT2D eigenvalue weighted by atomic mass is 35.5. The number of carbonyl (C=O) groups excluding carboxylic acids is 2. The molecule has 1 atom stereocenters. The fraction of sp³-hybridized carbons (Fsp3) is 0.333. The van der Waals surface area contributed by atoms with Crippen LogP contribution >= 0.6 is 23.2 Å². The maximum atomic E-state index is 13.7. The topological polar surface area (TPSA) is 67.9 Å². The van der Waals surface area contributed by atoms with Gasteiger partial charge in [0.1, 0.15) is 17.5 Å². The van der Waals surface area contributed by atoms with E-state index in [2.05, 4.69) is 5.32 Å². The molecule has 0 saturated carbocycles. The summed E-state index contributed by atoms with van der Waals surface area (Å²) in [5.41, 5.74) is 1.56. The van der Waals surface area contributed by atoms with Gasteiger partial charge >= 0.3 is 0 Å². The van der Waals surface area contributed by atoms with Gasteiger partial charge in [-0.05, 0) is 54.8 Å². The van der Waals surface area contributed by atoms with E-state index in [0.717, 1.165) is 17.7 Å². The molecule has 202 valence electrons. The standard InChI is InChI=1S/C30H34Cl2N2O4/c1-3-18-33-30(36)28(20-22-9-5-4-6-10-22)34(21-25-26(31)11-7-12-27(25)32)29(35)13-8-19-38-24-16-14-23(37-2)15-17-24/h4-7,9-12,14-17,28H,3,8,13,18-21H2,1-2H3,(H,33,36). The summed E-state index contributed by atoms with van der Waals surface area (Å²) in [6.07, 6.45) is 1.83. The summed E-state index contributed by atoms with van der Waals surface area (Å²) in [5, 5.41) is 3.87. The highest BCUT2D eigenvalue weighted by molar-refractivity contribution is 6.36. The number of rotatable bonds is 14. The Morgan fingerprint density at radius 3 is 2.21 bits per heavy atom. The third kappa shape index (κ3) is 8.67. The van der Waals surface area contributed by atoms with E-state index in [1.165, 1.54) is 0 Å². The van der Waals surface area contributed by atoms with Crippen molar-refractivity contribution in [2.24, 2.45) is 0 Å². The number of hydrogen-bond donors (Lipinski definition) is 1. The first-order valence-electron chi connectivity index (χ1n) is 12.7. The monoisotopic (exact) mass is 556 g/mol. The zero-order chi connectivity index (χ0) is 27.3. The molecule has 0 saturated heterocycles. The van der Waals surface area contributed by atoms with Gasteiger partial charge in [0.25, 0.3) is 0 Å². The van der Waals surface area contributed by atoms with Gasteiger partial charge in [-0.1, -0.05) is 66.5 Å². The van der Waals surface area contributed by atoms with Crippen molar-refractivity contribution in [3.05, 3.63) is 94.0 Å². The normalized spacial score (nSPS) is 11.5. The number of ether oxygens (including phenoxy) is 2. The average molecular weight is 558 g/mol. The summed E-state index contributed by atoms with van der Waals surface area (Å²) in [7, 11) is 1.61. The van der Waals surface area contributed by atoms with Crippen LogP contribution in [0.15, 0.2) is 72.8 Å². The molecular formula is C30H34Cl2N2O4. The molecule has 0 heterocycles. The van der Waals surface area contributed by atoms with Crippen LogP contribution in [0.2, 0.25) is 10.0 Å². The fourth-order valence-electron chi connectivity index (χ4n) is 4.00. The number of amides is 2. The van der Waals surface area contributed by atoms with Gasteiger partial charge < -0.3 is 19.7 Å². The zero-order valence-corrected chi connectivity index (χ0v) is 23.3. The Labute approximate surface area is 234 Å². The van der Waals surface area contributed by atoms with Crippen molar-refractivity contribution in [1.29, 1.82) is 0 Å². The average Bonchev–Trinajstić information content (AvgIpc) is 2.93. The van der Waals surface area contributed by atoms with Crippen molar-refractivity contribution in [2.45, 2.75) is 45.2 Å². The second-order valence-corrected chi connectivity index (χ2v) is 9.66. The van der Waals surface area contributed by atoms with Crippen molar-refractivity contribution < 1.29 is 19.1 Å². The lowest BCUT2D eigenvalue weighted by Gasteiger charge is -2.32. The molecule has 0 aliphatic rings. The Balaban J connectivity index is 1.80. The highest BCUT2D eigenvalue weighted by Gasteiger charge is 2.31. The van der Waals surface area contributed by atoms with Crippen molar-refractivity contribution >= 4 is 35.0 Å². The van der Waals surface area contributed by atoms with E-state index in [1.54, 1.807) is 30.2 Å². The van der Waals surface area contributed by atoms with Gasteiger partial charge in [-0.3, -0.25) is 9.59 Å². The summed E-state index contributed by atoms with van der Waals surface area (Å²) in [6.45, 7) is 2.98.